The second-order valence-electron chi connectivity index (χ2n) is 5.93. The van der Waals surface area contributed by atoms with Gasteiger partial charge in [0.15, 0.2) is 18.1 Å². The van der Waals surface area contributed by atoms with Gasteiger partial charge in [0.25, 0.3) is 5.91 Å². The van der Waals surface area contributed by atoms with E-state index in [1.807, 2.05) is 0 Å². The number of hydrogen-bond donors (Lipinski definition) is 1. The van der Waals surface area contributed by atoms with Crippen molar-refractivity contribution in [3.05, 3.63) is 53.6 Å². The van der Waals surface area contributed by atoms with Gasteiger partial charge in [-0.3, -0.25) is 9.59 Å². The van der Waals surface area contributed by atoms with Gasteiger partial charge in [-0.1, -0.05) is 6.07 Å². The zero-order valence-corrected chi connectivity index (χ0v) is 15.7. The minimum Gasteiger partial charge on any atom is -0.455 e. The van der Waals surface area contributed by atoms with Crippen LogP contribution < -0.4 is 14.8 Å². The largest absolute Gasteiger partial charge is 0.455 e. The first-order chi connectivity index (χ1) is 13.4. The number of ether oxygens (including phenoxy) is 3. The average Bonchev–Trinajstić information content (AvgIpc) is 3.14. The van der Waals surface area contributed by atoms with Gasteiger partial charge in [0.2, 0.25) is 6.79 Å². The summed E-state index contributed by atoms with van der Waals surface area (Å²) < 4.78 is 42.0. The maximum atomic E-state index is 13.5. The second kappa shape index (κ2) is 8.92. The van der Waals surface area contributed by atoms with E-state index in [2.05, 4.69) is 5.32 Å². The van der Waals surface area contributed by atoms with Crippen molar-refractivity contribution in [1.82, 2.24) is 5.32 Å². The summed E-state index contributed by atoms with van der Waals surface area (Å²) in [5, 5.41) is 2.70. The molecule has 0 bridgehead atoms. The van der Waals surface area contributed by atoms with E-state index in [4.69, 9.17) is 14.2 Å². The van der Waals surface area contributed by atoms with Crippen LogP contribution in [0.5, 0.6) is 11.5 Å². The number of benzene rings is 2. The molecule has 0 radical (unpaired) electrons. The standard InChI is InChI=1S/C19H17F2NO5S/c1-11(12-2-5-15-16(6-12)27-10-26-15)22-18(23)8-25-19(24)9-28-17-7-13(20)3-4-14(17)21/h2-7,11H,8-10H2,1H3,(H,22,23)/t11-/m0/s1. The van der Waals surface area contributed by atoms with Gasteiger partial charge in [-0.2, -0.15) is 0 Å². The molecule has 6 nitrogen and oxygen atoms in total. The van der Waals surface area contributed by atoms with Gasteiger partial charge < -0.3 is 19.5 Å². The Hall–Kier alpha value is -2.81. The topological polar surface area (TPSA) is 73.9 Å². The maximum Gasteiger partial charge on any atom is 0.316 e. The zero-order chi connectivity index (χ0) is 20.1. The summed E-state index contributed by atoms with van der Waals surface area (Å²) in [5.74, 6) is -1.43. The van der Waals surface area contributed by atoms with Gasteiger partial charge in [0.1, 0.15) is 11.6 Å². The van der Waals surface area contributed by atoms with Crippen LogP contribution in [0.1, 0.15) is 18.5 Å². The second-order valence-corrected chi connectivity index (χ2v) is 6.94. The van der Waals surface area contributed by atoms with Gasteiger partial charge >= 0.3 is 5.97 Å². The molecular formula is C19H17F2NO5S. The fraction of sp³-hybridized carbons (Fsp3) is 0.263. The van der Waals surface area contributed by atoms with E-state index in [1.165, 1.54) is 0 Å². The summed E-state index contributed by atoms with van der Waals surface area (Å²) in [6, 6.07) is 7.95. The normalized spacial score (nSPS) is 13.1. The van der Waals surface area contributed by atoms with Gasteiger partial charge in [-0.05, 0) is 42.8 Å². The van der Waals surface area contributed by atoms with Crippen LogP contribution in [0.4, 0.5) is 8.78 Å². The summed E-state index contributed by atoms with van der Waals surface area (Å²) in [7, 11) is 0. The van der Waals surface area contributed by atoms with Crippen LogP contribution in [-0.4, -0.2) is 31.0 Å². The molecule has 148 valence electrons. The van der Waals surface area contributed by atoms with Gasteiger partial charge in [-0.25, -0.2) is 8.78 Å². The average molecular weight is 409 g/mol. The van der Waals surface area contributed by atoms with Crippen LogP contribution in [0.2, 0.25) is 0 Å². The number of esters is 1. The van der Waals surface area contributed by atoms with Crippen LogP contribution in [0, 0.1) is 11.6 Å². The third kappa shape index (κ3) is 5.13. The van der Waals surface area contributed by atoms with E-state index in [0.29, 0.717) is 11.5 Å². The smallest absolute Gasteiger partial charge is 0.316 e. The quantitative estimate of drug-likeness (QED) is 0.559. The Morgan fingerprint density at radius 2 is 1.96 bits per heavy atom. The van der Waals surface area contributed by atoms with E-state index in [0.717, 1.165) is 35.5 Å². The molecule has 1 heterocycles. The molecule has 0 fully saturated rings. The van der Waals surface area contributed by atoms with Crippen molar-refractivity contribution in [2.24, 2.45) is 0 Å². The molecule has 1 amide bonds. The molecule has 0 unspecified atom stereocenters. The van der Waals surface area contributed by atoms with Crippen molar-refractivity contribution in [2.75, 3.05) is 19.2 Å². The van der Waals surface area contributed by atoms with Crippen molar-refractivity contribution in [3.63, 3.8) is 0 Å². The Labute approximate surface area is 164 Å². The van der Waals surface area contributed by atoms with Crippen LogP contribution in [0.15, 0.2) is 41.3 Å². The third-order valence-corrected chi connectivity index (χ3v) is 4.88. The molecule has 0 aromatic heterocycles. The molecule has 0 aliphatic carbocycles. The Kier molecular flexibility index (Phi) is 6.35. The zero-order valence-electron chi connectivity index (χ0n) is 14.9. The van der Waals surface area contributed by atoms with E-state index in [9.17, 15) is 18.4 Å². The number of halogens is 2. The highest BCUT2D eigenvalue weighted by Gasteiger charge is 2.17. The lowest BCUT2D eigenvalue weighted by atomic mass is 10.1. The lowest BCUT2D eigenvalue weighted by molar-refractivity contribution is -0.146. The molecular weight excluding hydrogens is 392 g/mol. The number of rotatable bonds is 7. The van der Waals surface area contributed by atoms with E-state index < -0.39 is 30.1 Å². The molecule has 2 aromatic carbocycles. The third-order valence-electron chi connectivity index (χ3n) is 3.88. The fourth-order valence-electron chi connectivity index (χ4n) is 2.46. The molecule has 9 heteroatoms. The van der Waals surface area contributed by atoms with Crippen molar-refractivity contribution in [1.29, 1.82) is 0 Å². The van der Waals surface area contributed by atoms with E-state index in [1.54, 1.807) is 25.1 Å². The number of carbonyl (C=O) groups is 2. The molecule has 1 aliphatic rings. The van der Waals surface area contributed by atoms with Crippen molar-refractivity contribution >= 4 is 23.6 Å². The summed E-state index contributed by atoms with van der Waals surface area (Å²) in [5.41, 5.74) is 0.807. The molecule has 2 aromatic rings. The maximum absolute atomic E-state index is 13.5. The minimum atomic E-state index is -0.709. The first-order valence-electron chi connectivity index (χ1n) is 8.35. The van der Waals surface area contributed by atoms with Crippen LogP contribution >= 0.6 is 11.8 Å². The number of hydrogen-bond acceptors (Lipinski definition) is 6. The highest BCUT2D eigenvalue weighted by atomic mass is 32.2. The molecule has 1 N–H and O–H groups in total. The Bertz CT molecular complexity index is 893. The number of thioether (sulfide) groups is 1. The van der Waals surface area contributed by atoms with Crippen molar-refractivity contribution in [2.45, 2.75) is 17.9 Å². The summed E-state index contributed by atoms with van der Waals surface area (Å²) >= 11 is 0.796. The number of carbonyl (C=O) groups excluding carboxylic acids is 2. The SMILES string of the molecule is C[C@H](NC(=O)COC(=O)CSc1cc(F)ccc1F)c1ccc2c(c1)OCO2. The highest BCUT2D eigenvalue weighted by Crippen LogP contribution is 2.34. The van der Waals surface area contributed by atoms with E-state index >= 15 is 0 Å². The first kappa shape index (κ1) is 19.9. The van der Waals surface area contributed by atoms with E-state index in [-0.39, 0.29) is 23.5 Å². The predicted molar refractivity (Wildman–Crippen MR) is 97.2 cm³/mol. The Morgan fingerprint density at radius 1 is 1.18 bits per heavy atom. The Morgan fingerprint density at radius 3 is 2.79 bits per heavy atom. The lowest BCUT2D eigenvalue weighted by Gasteiger charge is -2.15. The molecule has 28 heavy (non-hydrogen) atoms. The number of nitrogens with one attached hydrogen (secondary N) is 1. The van der Waals surface area contributed by atoms with Gasteiger partial charge in [-0.15, -0.1) is 11.8 Å². The fourth-order valence-corrected chi connectivity index (χ4v) is 3.22. The Balaban J connectivity index is 1.43. The van der Waals surface area contributed by atoms with Gasteiger partial charge in [0.05, 0.1) is 11.8 Å². The molecule has 1 atom stereocenters. The monoisotopic (exact) mass is 409 g/mol. The molecule has 0 saturated carbocycles. The number of amides is 1. The van der Waals surface area contributed by atoms with Crippen LogP contribution in [0.3, 0.4) is 0 Å². The number of fused-ring (bicyclic) bond motifs is 1. The van der Waals surface area contributed by atoms with Crippen LogP contribution in [-0.2, 0) is 14.3 Å². The highest BCUT2D eigenvalue weighted by molar-refractivity contribution is 8.00. The summed E-state index contributed by atoms with van der Waals surface area (Å²) in [4.78, 5) is 23.7. The molecule has 0 spiro atoms. The van der Waals surface area contributed by atoms with Crippen LogP contribution in [0.25, 0.3) is 0 Å². The minimum absolute atomic E-state index is 0.00201. The molecule has 1 aliphatic heterocycles. The van der Waals surface area contributed by atoms with Crippen molar-refractivity contribution in [3.8, 4) is 11.5 Å². The lowest BCUT2D eigenvalue weighted by Crippen LogP contribution is -2.31. The van der Waals surface area contributed by atoms with Gasteiger partial charge in [0, 0.05) is 4.90 Å². The van der Waals surface area contributed by atoms with Crippen molar-refractivity contribution < 1.29 is 32.6 Å². The summed E-state index contributed by atoms with van der Waals surface area (Å²) in [6.45, 7) is 1.47. The predicted octanol–water partition coefficient (Wildman–Crippen LogP) is 3.21. The molecule has 0 saturated heterocycles. The summed E-state index contributed by atoms with van der Waals surface area (Å²) in [6.07, 6.45) is 0. The first-order valence-corrected chi connectivity index (χ1v) is 9.33. The molecule has 3 rings (SSSR count).